The van der Waals surface area contributed by atoms with Gasteiger partial charge in [0.05, 0.1) is 23.6 Å². The normalized spacial score (nSPS) is 11.1. The summed E-state index contributed by atoms with van der Waals surface area (Å²) in [5, 5.41) is 0. The Hall–Kier alpha value is -2.49. The first-order chi connectivity index (χ1) is 12.3. The van der Waals surface area contributed by atoms with E-state index < -0.39 is 5.97 Å². The van der Waals surface area contributed by atoms with Crippen molar-refractivity contribution >= 4 is 12.0 Å². The lowest BCUT2D eigenvalue weighted by Gasteiger charge is -2.22. The highest BCUT2D eigenvalue weighted by Gasteiger charge is 2.27. The van der Waals surface area contributed by atoms with E-state index in [4.69, 9.17) is 9.72 Å². The van der Waals surface area contributed by atoms with Gasteiger partial charge in [0.2, 0.25) is 0 Å². The molecular weight excluding hydrogens is 329 g/mol. The van der Waals surface area contributed by atoms with Crippen LogP contribution in [0.1, 0.15) is 73.8 Å². The summed E-state index contributed by atoms with van der Waals surface area (Å²) < 4.78 is 18.8. The van der Waals surface area contributed by atoms with Crippen molar-refractivity contribution in [2.45, 2.75) is 46.5 Å². The van der Waals surface area contributed by atoms with Gasteiger partial charge in [-0.3, -0.25) is 4.98 Å². The third kappa shape index (κ3) is 3.85. The van der Waals surface area contributed by atoms with Crippen molar-refractivity contribution in [3.8, 4) is 11.1 Å². The molecule has 2 rings (SSSR count). The highest BCUT2D eigenvalue weighted by Crippen LogP contribution is 2.37. The molecule has 3 nitrogen and oxygen atoms in total. The SMILES string of the molecule is C=Cc1c(C(C)C)nc(C(C)C)c(C(=O)OCC)c1-c1ccc(F)cc1. The molecular formula is C22H26FNO2. The molecule has 0 bridgehead atoms. The Morgan fingerprint density at radius 2 is 1.73 bits per heavy atom. The molecule has 26 heavy (non-hydrogen) atoms. The van der Waals surface area contributed by atoms with Crippen LogP contribution in [0.3, 0.4) is 0 Å². The van der Waals surface area contributed by atoms with Crippen LogP contribution in [0.25, 0.3) is 17.2 Å². The maximum Gasteiger partial charge on any atom is 0.340 e. The number of nitrogens with zero attached hydrogens (tertiary/aromatic N) is 1. The van der Waals surface area contributed by atoms with Crippen molar-refractivity contribution in [3.63, 3.8) is 0 Å². The van der Waals surface area contributed by atoms with E-state index in [9.17, 15) is 9.18 Å². The number of rotatable bonds is 6. The molecule has 0 spiro atoms. The molecule has 4 heteroatoms. The first-order valence-electron chi connectivity index (χ1n) is 8.95. The van der Waals surface area contributed by atoms with Crippen molar-refractivity contribution in [2.75, 3.05) is 6.61 Å². The van der Waals surface area contributed by atoms with E-state index in [-0.39, 0.29) is 24.3 Å². The molecule has 138 valence electrons. The highest BCUT2D eigenvalue weighted by atomic mass is 19.1. The van der Waals surface area contributed by atoms with Crippen molar-refractivity contribution in [1.82, 2.24) is 4.98 Å². The molecule has 0 amide bonds. The Kier molecular flexibility index (Phi) is 6.30. The fourth-order valence-corrected chi connectivity index (χ4v) is 3.03. The summed E-state index contributed by atoms with van der Waals surface area (Å²) in [5.41, 5.74) is 4.25. The number of esters is 1. The minimum absolute atomic E-state index is 0.0324. The molecule has 0 atom stereocenters. The molecule has 0 saturated heterocycles. The molecule has 1 heterocycles. The minimum Gasteiger partial charge on any atom is -0.462 e. The van der Waals surface area contributed by atoms with Gasteiger partial charge < -0.3 is 4.74 Å². The number of carbonyl (C=O) groups excluding carboxylic acids is 1. The Bertz CT molecular complexity index is 808. The third-order valence-corrected chi connectivity index (χ3v) is 4.20. The lowest BCUT2D eigenvalue weighted by molar-refractivity contribution is 0.0525. The van der Waals surface area contributed by atoms with Gasteiger partial charge in [0, 0.05) is 11.1 Å². The van der Waals surface area contributed by atoms with Crippen molar-refractivity contribution in [2.24, 2.45) is 0 Å². The monoisotopic (exact) mass is 355 g/mol. The molecule has 0 aliphatic heterocycles. The van der Waals surface area contributed by atoms with Gasteiger partial charge in [-0.05, 0) is 36.5 Å². The van der Waals surface area contributed by atoms with Gasteiger partial charge in [-0.1, -0.05) is 52.5 Å². The van der Waals surface area contributed by atoms with Crippen LogP contribution in [0, 0.1) is 5.82 Å². The van der Waals surface area contributed by atoms with Gasteiger partial charge in [0.25, 0.3) is 0 Å². The Morgan fingerprint density at radius 3 is 2.19 bits per heavy atom. The Labute approximate surface area is 154 Å². The van der Waals surface area contributed by atoms with Crippen molar-refractivity contribution in [1.29, 1.82) is 0 Å². The molecule has 1 aromatic heterocycles. The maximum absolute atomic E-state index is 13.5. The van der Waals surface area contributed by atoms with Gasteiger partial charge in [-0.15, -0.1) is 0 Å². The van der Waals surface area contributed by atoms with Gasteiger partial charge in [0.15, 0.2) is 0 Å². The quantitative estimate of drug-likeness (QED) is 0.601. The second-order valence-corrected chi connectivity index (χ2v) is 6.79. The summed E-state index contributed by atoms with van der Waals surface area (Å²) in [6, 6.07) is 6.13. The number of halogens is 1. The number of ether oxygens (including phenoxy) is 1. The predicted octanol–water partition coefficient (Wildman–Crippen LogP) is 5.95. The third-order valence-electron chi connectivity index (χ3n) is 4.20. The number of benzene rings is 1. The lowest BCUT2D eigenvalue weighted by Crippen LogP contribution is -2.16. The average Bonchev–Trinajstić information content (AvgIpc) is 2.60. The molecule has 0 aliphatic carbocycles. The summed E-state index contributed by atoms with van der Waals surface area (Å²) in [5.74, 6) is -0.559. The standard InChI is InChI=1S/C22H26FNO2/c1-7-17-18(15-9-11-16(23)12-10-15)19(22(25)26-8-2)21(14(5)6)24-20(17)13(3)4/h7,9-14H,1,8H2,2-6H3. The zero-order valence-electron chi connectivity index (χ0n) is 16.1. The molecule has 0 radical (unpaired) electrons. The first kappa shape index (κ1) is 19.8. The molecule has 0 fully saturated rings. The fraction of sp³-hybridized carbons (Fsp3) is 0.364. The topological polar surface area (TPSA) is 39.2 Å². The van der Waals surface area contributed by atoms with E-state index in [2.05, 4.69) is 20.4 Å². The highest BCUT2D eigenvalue weighted by molar-refractivity contribution is 6.01. The number of hydrogen-bond acceptors (Lipinski definition) is 3. The van der Waals surface area contributed by atoms with E-state index in [1.165, 1.54) is 12.1 Å². The lowest BCUT2D eigenvalue weighted by atomic mass is 9.87. The van der Waals surface area contributed by atoms with Crippen LogP contribution in [0.15, 0.2) is 30.8 Å². The van der Waals surface area contributed by atoms with Gasteiger partial charge in [-0.25, -0.2) is 9.18 Å². The molecule has 0 N–H and O–H groups in total. The summed E-state index contributed by atoms with van der Waals surface area (Å²) in [7, 11) is 0. The zero-order chi connectivity index (χ0) is 19.4. The summed E-state index contributed by atoms with van der Waals surface area (Å²) in [6.07, 6.45) is 1.72. The van der Waals surface area contributed by atoms with Crippen LogP contribution in [0.5, 0.6) is 0 Å². The summed E-state index contributed by atoms with van der Waals surface area (Å²) >= 11 is 0. The molecule has 2 aromatic rings. The van der Waals surface area contributed by atoms with E-state index in [0.29, 0.717) is 16.8 Å². The number of carbonyl (C=O) groups is 1. The molecule has 0 unspecified atom stereocenters. The minimum atomic E-state index is -0.415. The van der Waals surface area contributed by atoms with E-state index >= 15 is 0 Å². The predicted molar refractivity (Wildman–Crippen MR) is 104 cm³/mol. The van der Waals surface area contributed by atoms with Crippen LogP contribution in [-0.4, -0.2) is 17.6 Å². The number of aromatic nitrogens is 1. The summed E-state index contributed by atoms with van der Waals surface area (Å²) in [6.45, 7) is 14.1. The van der Waals surface area contributed by atoms with Crippen molar-refractivity contribution < 1.29 is 13.9 Å². The van der Waals surface area contributed by atoms with Crippen LogP contribution < -0.4 is 0 Å². The molecule has 0 aliphatic rings. The first-order valence-corrected chi connectivity index (χ1v) is 8.95. The average molecular weight is 355 g/mol. The van der Waals surface area contributed by atoms with Gasteiger partial charge in [-0.2, -0.15) is 0 Å². The van der Waals surface area contributed by atoms with E-state index in [1.807, 2.05) is 13.8 Å². The summed E-state index contributed by atoms with van der Waals surface area (Å²) in [4.78, 5) is 17.6. The van der Waals surface area contributed by atoms with Gasteiger partial charge >= 0.3 is 5.97 Å². The second-order valence-electron chi connectivity index (χ2n) is 6.79. The van der Waals surface area contributed by atoms with Crippen LogP contribution in [0.2, 0.25) is 0 Å². The van der Waals surface area contributed by atoms with E-state index in [1.54, 1.807) is 25.1 Å². The number of pyridine rings is 1. The molecule has 0 saturated carbocycles. The Balaban J connectivity index is 2.96. The Morgan fingerprint density at radius 1 is 1.15 bits per heavy atom. The van der Waals surface area contributed by atoms with Gasteiger partial charge in [0.1, 0.15) is 5.82 Å². The molecule has 1 aromatic carbocycles. The maximum atomic E-state index is 13.5. The smallest absolute Gasteiger partial charge is 0.340 e. The zero-order valence-corrected chi connectivity index (χ0v) is 16.1. The van der Waals surface area contributed by atoms with Crippen LogP contribution >= 0.6 is 0 Å². The number of hydrogen-bond donors (Lipinski definition) is 0. The van der Waals surface area contributed by atoms with Crippen molar-refractivity contribution in [3.05, 3.63) is 59.2 Å². The second kappa shape index (κ2) is 8.26. The van der Waals surface area contributed by atoms with Crippen LogP contribution in [0.4, 0.5) is 4.39 Å². The van der Waals surface area contributed by atoms with Crippen LogP contribution in [-0.2, 0) is 4.74 Å². The largest absolute Gasteiger partial charge is 0.462 e. The fourth-order valence-electron chi connectivity index (χ4n) is 3.03. The van der Waals surface area contributed by atoms with E-state index in [0.717, 1.165) is 16.8 Å².